The van der Waals surface area contributed by atoms with E-state index in [1.807, 2.05) is 9.71 Å². The van der Waals surface area contributed by atoms with Crippen molar-refractivity contribution < 1.29 is 14.3 Å². The van der Waals surface area contributed by atoms with Crippen molar-refractivity contribution in [1.82, 2.24) is 0 Å². The SMILES string of the molecule is C=CC(=O)OC(=O)[C]1=[Tl][CH]=CC=C1. The first-order valence-electron chi connectivity index (χ1n) is 3.67. The van der Waals surface area contributed by atoms with Crippen LogP contribution in [0.4, 0.5) is 0 Å². The zero-order valence-corrected chi connectivity index (χ0v) is 11.4. The van der Waals surface area contributed by atoms with Crippen LogP contribution in [0, 0.1) is 0 Å². The van der Waals surface area contributed by atoms with E-state index in [9.17, 15) is 9.59 Å². The predicted molar refractivity (Wildman–Crippen MR) is 50.3 cm³/mol. The van der Waals surface area contributed by atoms with E-state index < -0.39 is 35.7 Å². The minimum atomic E-state index is -1.28. The van der Waals surface area contributed by atoms with Crippen LogP contribution in [0.25, 0.3) is 0 Å². The molecule has 0 radical (unpaired) electrons. The third-order valence-corrected chi connectivity index (χ3v) is 6.04. The fourth-order valence-electron chi connectivity index (χ4n) is 0.766. The summed E-state index contributed by atoms with van der Waals surface area (Å²) in [7, 11) is 0. The van der Waals surface area contributed by atoms with Crippen molar-refractivity contribution in [3.63, 3.8) is 0 Å². The second kappa shape index (κ2) is 5.01. The van der Waals surface area contributed by atoms with Crippen LogP contribution < -0.4 is 0 Å². The monoisotopic (exact) mass is 368 g/mol. The number of esters is 2. The van der Waals surface area contributed by atoms with Gasteiger partial charge in [-0.3, -0.25) is 0 Å². The van der Waals surface area contributed by atoms with Crippen molar-refractivity contribution in [1.29, 1.82) is 0 Å². The van der Waals surface area contributed by atoms with Gasteiger partial charge in [-0.2, -0.15) is 0 Å². The fraction of sp³-hybridized carbons (Fsp3) is 0. The van der Waals surface area contributed by atoms with Crippen molar-refractivity contribution >= 4 is 38.7 Å². The van der Waals surface area contributed by atoms with E-state index in [4.69, 9.17) is 0 Å². The van der Waals surface area contributed by atoms with E-state index >= 15 is 0 Å². The van der Waals surface area contributed by atoms with E-state index in [1.54, 1.807) is 12.2 Å². The Morgan fingerprint density at radius 1 is 1.46 bits per heavy atom. The molecule has 0 atom stereocenters. The molecule has 1 aliphatic heterocycles. The normalized spacial score (nSPS) is 12.8. The Morgan fingerprint density at radius 3 is 2.77 bits per heavy atom. The van der Waals surface area contributed by atoms with Crippen LogP contribution >= 0.6 is 0 Å². The number of allylic oxidation sites excluding steroid dienone is 2. The average Bonchev–Trinajstić information content (AvgIpc) is 2.19. The maximum atomic E-state index is 11.2. The number of ether oxygens (including phenoxy) is 1. The van der Waals surface area contributed by atoms with Gasteiger partial charge < -0.3 is 0 Å². The quantitative estimate of drug-likeness (QED) is 0.303. The molecule has 0 bridgehead atoms. The molecule has 0 N–H and O–H groups in total. The molecule has 0 aromatic rings. The Hall–Kier alpha value is -0.848. The molecule has 0 fully saturated rings. The molecule has 1 aliphatic rings. The number of hydrogen-bond acceptors (Lipinski definition) is 3. The Balaban J connectivity index is 2.63. The minimum absolute atomic E-state index is 0.513. The molecule has 64 valence electrons. The van der Waals surface area contributed by atoms with Crippen LogP contribution in [0.5, 0.6) is 0 Å². The summed E-state index contributed by atoms with van der Waals surface area (Å²) in [6, 6.07) is 0. The molecule has 0 spiro atoms. The van der Waals surface area contributed by atoms with Gasteiger partial charge in [0.25, 0.3) is 0 Å². The molecule has 0 aromatic heterocycles. The third kappa shape index (κ3) is 3.18. The summed E-state index contributed by atoms with van der Waals surface area (Å²) in [5, 5.41) is 0. The van der Waals surface area contributed by atoms with Crippen LogP contribution in [0.2, 0.25) is 0 Å². The van der Waals surface area contributed by atoms with Crippen molar-refractivity contribution in [3.8, 4) is 0 Å². The van der Waals surface area contributed by atoms with E-state index in [2.05, 4.69) is 11.3 Å². The first-order chi connectivity index (χ1) is 6.24. The zero-order valence-electron chi connectivity index (χ0n) is 6.90. The van der Waals surface area contributed by atoms with Gasteiger partial charge in [-0.05, 0) is 0 Å². The van der Waals surface area contributed by atoms with Crippen LogP contribution in [-0.4, -0.2) is 38.7 Å². The Labute approximate surface area is 87.4 Å². The van der Waals surface area contributed by atoms with Crippen molar-refractivity contribution in [3.05, 3.63) is 34.5 Å². The summed E-state index contributed by atoms with van der Waals surface area (Å²) < 4.78 is 7.17. The molecular formula is C9H7O3Tl. The molecule has 0 aromatic carbocycles. The fourth-order valence-corrected chi connectivity index (χ4v) is 4.12. The number of rotatable bonds is 2. The average molecular weight is 368 g/mol. The molecule has 3 nitrogen and oxygen atoms in total. The van der Waals surface area contributed by atoms with Crippen LogP contribution in [0.3, 0.4) is 0 Å². The van der Waals surface area contributed by atoms with Gasteiger partial charge in [0.05, 0.1) is 0 Å². The van der Waals surface area contributed by atoms with Gasteiger partial charge in [-0.1, -0.05) is 0 Å². The molecule has 0 saturated carbocycles. The first-order valence-corrected chi connectivity index (χ1v) is 8.51. The standard InChI is InChI=1S/C9H7O3.Tl/c1-3-5-6-7-9(11)12-8(10)4-2;/h1,3-6H,2H2;. The van der Waals surface area contributed by atoms with Gasteiger partial charge in [0, 0.05) is 0 Å². The second-order valence-electron chi connectivity index (χ2n) is 2.28. The molecule has 0 saturated heterocycles. The molecule has 0 unspecified atom stereocenters. The molecule has 1 heterocycles. The summed E-state index contributed by atoms with van der Waals surface area (Å²) in [4.78, 5) is 21.9. The predicted octanol–water partition coefficient (Wildman–Crippen LogP) is 0.202. The Kier molecular flexibility index (Phi) is 3.94. The summed E-state index contributed by atoms with van der Waals surface area (Å²) >= 11 is -1.28. The van der Waals surface area contributed by atoms with Gasteiger partial charge in [0.1, 0.15) is 0 Å². The third-order valence-electron chi connectivity index (χ3n) is 1.37. The van der Waals surface area contributed by atoms with Crippen molar-refractivity contribution in [2.24, 2.45) is 0 Å². The molecule has 4 heteroatoms. The molecule has 13 heavy (non-hydrogen) atoms. The first kappa shape index (κ1) is 10.2. The maximum absolute atomic E-state index is 11.2. The van der Waals surface area contributed by atoms with E-state index in [0.29, 0.717) is 3.06 Å². The van der Waals surface area contributed by atoms with E-state index in [1.165, 1.54) is 0 Å². The number of hydrogen-bond donors (Lipinski definition) is 0. The van der Waals surface area contributed by atoms with Crippen LogP contribution in [-0.2, 0) is 14.3 Å². The van der Waals surface area contributed by atoms with Gasteiger partial charge in [0.15, 0.2) is 0 Å². The Bertz CT molecular complexity index is 337. The van der Waals surface area contributed by atoms with Crippen molar-refractivity contribution in [2.75, 3.05) is 0 Å². The van der Waals surface area contributed by atoms with Gasteiger partial charge in [0.2, 0.25) is 0 Å². The Morgan fingerprint density at radius 2 is 2.23 bits per heavy atom. The van der Waals surface area contributed by atoms with Crippen LogP contribution in [0.1, 0.15) is 0 Å². The molecule has 0 aliphatic carbocycles. The summed E-state index contributed by atoms with van der Waals surface area (Å²) in [5.41, 5.74) is 0. The summed E-state index contributed by atoms with van der Waals surface area (Å²) in [6.45, 7) is 3.21. The van der Waals surface area contributed by atoms with E-state index in [0.717, 1.165) is 6.08 Å². The summed E-state index contributed by atoms with van der Waals surface area (Å²) in [5.74, 6) is -1.20. The molecular weight excluding hydrogens is 360 g/mol. The van der Waals surface area contributed by atoms with Gasteiger partial charge in [-0.25, -0.2) is 0 Å². The zero-order chi connectivity index (χ0) is 9.68. The number of carbonyl (C=O) groups is 2. The molecule has 0 amide bonds. The van der Waals surface area contributed by atoms with Crippen LogP contribution in [0.15, 0.2) is 34.5 Å². The summed E-state index contributed by atoms with van der Waals surface area (Å²) in [6.07, 6.45) is 6.39. The van der Waals surface area contributed by atoms with E-state index in [-0.39, 0.29) is 0 Å². The number of carbonyl (C=O) groups excluding carboxylic acids is 2. The van der Waals surface area contributed by atoms with Crippen molar-refractivity contribution in [2.45, 2.75) is 0 Å². The second-order valence-corrected chi connectivity index (χ2v) is 7.49. The van der Waals surface area contributed by atoms with Gasteiger partial charge >= 0.3 is 87.6 Å². The van der Waals surface area contributed by atoms with Gasteiger partial charge in [-0.15, -0.1) is 0 Å². The topological polar surface area (TPSA) is 43.4 Å². The molecule has 1 rings (SSSR count).